The number of aromatic amines is 1. The summed E-state index contributed by atoms with van der Waals surface area (Å²) in [6, 6.07) is 11.1. The van der Waals surface area contributed by atoms with Crippen molar-refractivity contribution in [2.75, 3.05) is 5.32 Å². The Kier molecular flexibility index (Phi) is 7.14. The molecule has 5 rings (SSSR count). The first-order chi connectivity index (χ1) is 19.3. The van der Waals surface area contributed by atoms with Gasteiger partial charge in [0.25, 0.3) is 5.91 Å². The Morgan fingerprint density at radius 1 is 1.00 bits per heavy atom. The molecule has 0 saturated carbocycles. The van der Waals surface area contributed by atoms with Crippen LogP contribution >= 0.6 is 0 Å². The van der Waals surface area contributed by atoms with E-state index in [1.807, 2.05) is 6.07 Å². The molecule has 0 aliphatic heterocycles. The lowest BCUT2D eigenvalue weighted by Crippen LogP contribution is -2.25. The highest BCUT2D eigenvalue weighted by Crippen LogP contribution is 2.22. The minimum atomic E-state index is -0.838. The molecule has 0 unspecified atom stereocenters. The molecule has 198 valence electrons. The molecule has 0 radical (unpaired) electrons. The van der Waals surface area contributed by atoms with Crippen LogP contribution in [-0.4, -0.2) is 40.8 Å². The summed E-state index contributed by atoms with van der Waals surface area (Å²) in [5.41, 5.74) is 2.97. The topological polar surface area (TPSA) is 158 Å². The molecule has 40 heavy (non-hydrogen) atoms. The largest absolute Gasteiger partial charge is 0.346 e. The van der Waals surface area contributed by atoms with Crippen LogP contribution in [0.4, 0.5) is 20.4 Å². The summed E-state index contributed by atoms with van der Waals surface area (Å²) in [5.74, 6) is -0.934. The lowest BCUT2D eigenvalue weighted by atomic mass is 10.1. The van der Waals surface area contributed by atoms with Gasteiger partial charge in [-0.15, -0.1) is 0 Å². The standard InChI is InChI=1S/C27H20F2N10O/c1-14-7-22(37-24-13-32-23(9-30)38-24)39-26(35-14)17-8-19(28)25(33-12-17)27(40)34-11-16-3-5-20(31-10-16)18-4-6-21(29)36-15(18)2/h3-8,10,12-13H,11H2,1-2H3,(H,32,38)(H,34,40)(H,35,37,39). The maximum atomic E-state index is 14.9. The Labute approximate surface area is 226 Å². The molecular formula is C27H20F2N10O. The van der Waals surface area contributed by atoms with Crippen LogP contribution in [0.2, 0.25) is 0 Å². The number of imidazole rings is 1. The summed E-state index contributed by atoms with van der Waals surface area (Å²) in [5, 5.41) is 14.5. The number of anilines is 2. The van der Waals surface area contributed by atoms with Crippen molar-refractivity contribution in [2.45, 2.75) is 20.4 Å². The number of hydrogen-bond acceptors (Lipinski definition) is 9. The lowest BCUT2D eigenvalue weighted by molar-refractivity contribution is 0.0941. The van der Waals surface area contributed by atoms with Gasteiger partial charge in [-0.1, -0.05) is 6.07 Å². The molecule has 13 heteroatoms. The average Bonchev–Trinajstić information content (AvgIpc) is 3.39. The molecule has 0 atom stereocenters. The number of pyridine rings is 3. The number of carbonyl (C=O) groups is 1. The molecule has 1 amide bonds. The molecule has 3 N–H and O–H groups in total. The maximum Gasteiger partial charge on any atom is 0.273 e. The van der Waals surface area contributed by atoms with Gasteiger partial charge in [-0.05, 0) is 43.7 Å². The molecule has 0 aliphatic carbocycles. The predicted octanol–water partition coefficient (Wildman–Crippen LogP) is 4.16. The van der Waals surface area contributed by atoms with Crippen LogP contribution in [0.25, 0.3) is 22.6 Å². The van der Waals surface area contributed by atoms with E-state index in [0.717, 1.165) is 6.07 Å². The Morgan fingerprint density at radius 3 is 2.55 bits per heavy atom. The van der Waals surface area contributed by atoms with E-state index in [4.69, 9.17) is 5.26 Å². The summed E-state index contributed by atoms with van der Waals surface area (Å²) in [4.78, 5) is 40.2. The zero-order valence-corrected chi connectivity index (χ0v) is 21.2. The van der Waals surface area contributed by atoms with Crippen molar-refractivity contribution in [1.29, 1.82) is 5.26 Å². The van der Waals surface area contributed by atoms with E-state index in [1.54, 1.807) is 44.3 Å². The molecule has 0 aliphatic rings. The van der Waals surface area contributed by atoms with Gasteiger partial charge >= 0.3 is 0 Å². The van der Waals surface area contributed by atoms with Crippen LogP contribution < -0.4 is 10.6 Å². The second-order valence-electron chi connectivity index (χ2n) is 8.66. The van der Waals surface area contributed by atoms with Gasteiger partial charge in [0.2, 0.25) is 11.8 Å². The fourth-order valence-electron chi connectivity index (χ4n) is 3.82. The highest BCUT2D eigenvalue weighted by atomic mass is 19.1. The number of halogens is 2. The molecule has 0 aromatic carbocycles. The Bertz CT molecular complexity index is 1760. The quantitative estimate of drug-likeness (QED) is 0.259. The molecule has 5 aromatic heterocycles. The monoisotopic (exact) mass is 538 g/mol. The second-order valence-corrected chi connectivity index (χ2v) is 8.66. The Morgan fingerprint density at radius 2 is 1.85 bits per heavy atom. The number of aryl methyl sites for hydroxylation is 2. The van der Waals surface area contributed by atoms with Gasteiger partial charge in [-0.25, -0.2) is 29.3 Å². The van der Waals surface area contributed by atoms with Gasteiger partial charge < -0.3 is 15.6 Å². The zero-order valence-electron chi connectivity index (χ0n) is 21.2. The van der Waals surface area contributed by atoms with Crippen molar-refractivity contribution in [2.24, 2.45) is 0 Å². The first kappa shape index (κ1) is 26.0. The molecule has 0 saturated heterocycles. The average molecular weight is 539 g/mol. The smallest absolute Gasteiger partial charge is 0.273 e. The van der Waals surface area contributed by atoms with Gasteiger partial charge in [-0.2, -0.15) is 9.65 Å². The third-order valence-electron chi connectivity index (χ3n) is 5.72. The number of H-pyrrole nitrogens is 1. The minimum absolute atomic E-state index is 0.0901. The van der Waals surface area contributed by atoms with Crippen LogP contribution in [0.3, 0.4) is 0 Å². The highest BCUT2D eigenvalue weighted by molar-refractivity contribution is 5.92. The van der Waals surface area contributed by atoms with E-state index in [0.29, 0.717) is 39.8 Å². The van der Waals surface area contributed by atoms with Crippen molar-refractivity contribution in [3.8, 4) is 28.7 Å². The molecule has 0 spiro atoms. The lowest BCUT2D eigenvalue weighted by Gasteiger charge is -2.09. The van der Waals surface area contributed by atoms with Gasteiger partial charge in [-0.3, -0.25) is 9.78 Å². The number of nitriles is 1. The van der Waals surface area contributed by atoms with Gasteiger partial charge in [0.05, 0.1) is 11.9 Å². The number of hydrogen-bond donors (Lipinski definition) is 3. The van der Waals surface area contributed by atoms with Crippen LogP contribution in [0.1, 0.15) is 33.3 Å². The summed E-state index contributed by atoms with van der Waals surface area (Å²) >= 11 is 0. The maximum absolute atomic E-state index is 14.9. The molecule has 0 fully saturated rings. The third-order valence-corrected chi connectivity index (χ3v) is 5.72. The van der Waals surface area contributed by atoms with Crippen molar-refractivity contribution in [1.82, 2.24) is 40.2 Å². The highest BCUT2D eigenvalue weighted by Gasteiger charge is 2.17. The fourth-order valence-corrected chi connectivity index (χ4v) is 3.82. The van der Waals surface area contributed by atoms with Crippen molar-refractivity contribution in [3.05, 3.63) is 95.2 Å². The molecule has 11 nitrogen and oxygen atoms in total. The van der Waals surface area contributed by atoms with E-state index >= 15 is 0 Å². The second kappa shape index (κ2) is 11.0. The van der Waals surface area contributed by atoms with Crippen molar-refractivity contribution < 1.29 is 13.6 Å². The van der Waals surface area contributed by atoms with E-state index in [1.165, 1.54) is 18.5 Å². The number of aromatic nitrogens is 7. The van der Waals surface area contributed by atoms with Gasteiger partial charge in [0, 0.05) is 47.5 Å². The van der Waals surface area contributed by atoms with E-state index < -0.39 is 17.7 Å². The van der Waals surface area contributed by atoms with E-state index in [-0.39, 0.29) is 29.5 Å². The fraction of sp³-hybridized carbons (Fsp3) is 0.111. The molecule has 5 heterocycles. The normalized spacial score (nSPS) is 10.7. The van der Waals surface area contributed by atoms with E-state index in [9.17, 15) is 13.6 Å². The van der Waals surface area contributed by atoms with Crippen LogP contribution in [-0.2, 0) is 6.54 Å². The van der Waals surface area contributed by atoms with Crippen LogP contribution in [0, 0.1) is 36.9 Å². The zero-order chi connectivity index (χ0) is 28.2. The summed E-state index contributed by atoms with van der Waals surface area (Å²) in [6.45, 7) is 3.52. The van der Waals surface area contributed by atoms with Crippen LogP contribution in [0.15, 0.2) is 55.0 Å². The summed E-state index contributed by atoms with van der Waals surface area (Å²) in [6.07, 6.45) is 4.32. The van der Waals surface area contributed by atoms with Gasteiger partial charge in [0.15, 0.2) is 17.3 Å². The first-order valence-corrected chi connectivity index (χ1v) is 11.9. The number of nitrogens with zero attached hydrogens (tertiary/aromatic N) is 7. The van der Waals surface area contributed by atoms with E-state index in [2.05, 4.69) is 45.5 Å². The summed E-state index contributed by atoms with van der Waals surface area (Å²) < 4.78 is 28.2. The number of amides is 1. The van der Waals surface area contributed by atoms with Gasteiger partial charge in [0.1, 0.15) is 17.7 Å². The van der Waals surface area contributed by atoms with Crippen molar-refractivity contribution >= 4 is 17.5 Å². The number of nitrogens with one attached hydrogen (secondary N) is 3. The van der Waals surface area contributed by atoms with Crippen LogP contribution in [0.5, 0.6) is 0 Å². The molecule has 0 bridgehead atoms. The number of rotatable bonds is 7. The Balaban J connectivity index is 1.26. The minimum Gasteiger partial charge on any atom is -0.346 e. The summed E-state index contributed by atoms with van der Waals surface area (Å²) in [7, 11) is 0. The van der Waals surface area contributed by atoms with Crippen molar-refractivity contribution in [3.63, 3.8) is 0 Å². The molecule has 5 aromatic rings. The SMILES string of the molecule is Cc1cc(Nc2cnc(C#N)[nH]2)nc(-c2cnc(C(=O)NCc3ccc(-c4ccc(F)nc4C)nc3)c(F)c2)n1. The Hall–Kier alpha value is -5.64. The molecular weight excluding hydrogens is 518 g/mol. The predicted molar refractivity (Wildman–Crippen MR) is 140 cm³/mol. The number of carbonyl (C=O) groups excluding carboxylic acids is 1. The first-order valence-electron chi connectivity index (χ1n) is 11.9. The third kappa shape index (κ3) is 5.76.